The highest BCUT2D eigenvalue weighted by Gasteiger charge is 2.46. The van der Waals surface area contributed by atoms with Crippen LogP contribution in [0.1, 0.15) is 36.2 Å². The van der Waals surface area contributed by atoms with Crippen molar-refractivity contribution in [3.8, 4) is 0 Å². The molecule has 2 N–H and O–H groups in total. The fraction of sp³-hybridized carbons (Fsp3) is 0.286. The SMILES string of the molecule is CC[C@@]1(C)NC(=O)N(/N=C\c2ccc(C(=O)O)cc2)C1=O. The molecule has 2 rings (SSSR count). The normalized spacial score (nSPS) is 21.9. The number of amides is 3. The molecule has 7 nitrogen and oxygen atoms in total. The molecule has 0 radical (unpaired) electrons. The number of urea groups is 1. The summed E-state index contributed by atoms with van der Waals surface area (Å²) in [5.41, 5.74) is -0.187. The predicted octanol–water partition coefficient (Wildman–Crippen LogP) is 1.44. The van der Waals surface area contributed by atoms with Crippen LogP contribution in [0.15, 0.2) is 29.4 Å². The minimum atomic E-state index is -1.02. The minimum Gasteiger partial charge on any atom is -0.478 e. The van der Waals surface area contributed by atoms with Gasteiger partial charge in [0.15, 0.2) is 0 Å². The molecule has 1 aromatic carbocycles. The lowest BCUT2D eigenvalue weighted by Gasteiger charge is -2.17. The molecule has 0 saturated carbocycles. The van der Waals surface area contributed by atoms with Gasteiger partial charge in [-0.05, 0) is 31.0 Å². The Morgan fingerprint density at radius 3 is 2.48 bits per heavy atom. The molecule has 0 aromatic heterocycles. The third-order valence-corrected chi connectivity index (χ3v) is 3.43. The van der Waals surface area contributed by atoms with Crippen LogP contribution in [0.2, 0.25) is 0 Å². The monoisotopic (exact) mass is 289 g/mol. The summed E-state index contributed by atoms with van der Waals surface area (Å²) in [7, 11) is 0. The molecule has 1 saturated heterocycles. The molecule has 1 aliphatic heterocycles. The zero-order chi connectivity index (χ0) is 15.6. The van der Waals surface area contributed by atoms with Crippen molar-refractivity contribution >= 4 is 24.1 Å². The number of rotatable bonds is 4. The van der Waals surface area contributed by atoms with Gasteiger partial charge in [0.05, 0.1) is 11.8 Å². The van der Waals surface area contributed by atoms with Crippen molar-refractivity contribution in [1.29, 1.82) is 0 Å². The van der Waals surface area contributed by atoms with Crippen molar-refractivity contribution in [2.45, 2.75) is 25.8 Å². The maximum Gasteiger partial charge on any atom is 0.346 e. The quantitative estimate of drug-likeness (QED) is 0.647. The van der Waals surface area contributed by atoms with E-state index in [1.807, 2.05) is 0 Å². The van der Waals surface area contributed by atoms with Gasteiger partial charge < -0.3 is 10.4 Å². The number of aromatic carboxylic acids is 1. The van der Waals surface area contributed by atoms with Gasteiger partial charge >= 0.3 is 12.0 Å². The first-order valence-electron chi connectivity index (χ1n) is 6.41. The standard InChI is InChI=1S/C14H15N3O4/c1-3-14(2)12(20)17(13(21)16-14)15-8-9-4-6-10(7-5-9)11(18)19/h4-8H,3H2,1-2H3,(H,16,21)(H,18,19)/b15-8-/t14-/m1/s1. The van der Waals surface area contributed by atoms with E-state index < -0.39 is 23.4 Å². The Labute approximate surface area is 121 Å². The number of carboxylic acids is 1. The first-order valence-corrected chi connectivity index (χ1v) is 6.41. The molecule has 0 unspecified atom stereocenters. The maximum atomic E-state index is 12.1. The van der Waals surface area contributed by atoms with Gasteiger partial charge in [-0.1, -0.05) is 19.1 Å². The van der Waals surface area contributed by atoms with E-state index in [1.165, 1.54) is 18.3 Å². The maximum absolute atomic E-state index is 12.1. The number of imide groups is 1. The van der Waals surface area contributed by atoms with Crippen LogP contribution in [0.3, 0.4) is 0 Å². The number of nitrogens with zero attached hydrogens (tertiary/aromatic N) is 2. The Hall–Kier alpha value is -2.70. The summed E-state index contributed by atoms with van der Waals surface area (Å²) in [6.07, 6.45) is 1.81. The molecule has 3 amide bonds. The Morgan fingerprint density at radius 2 is 2.00 bits per heavy atom. The van der Waals surface area contributed by atoms with E-state index in [0.717, 1.165) is 5.01 Å². The average Bonchev–Trinajstić information content (AvgIpc) is 2.68. The molecule has 1 aliphatic rings. The Bertz CT molecular complexity index is 624. The van der Waals surface area contributed by atoms with Crippen molar-refractivity contribution in [2.75, 3.05) is 0 Å². The van der Waals surface area contributed by atoms with Gasteiger partial charge in [0.2, 0.25) is 0 Å². The Morgan fingerprint density at radius 1 is 1.38 bits per heavy atom. The van der Waals surface area contributed by atoms with Crippen LogP contribution in [0.4, 0.5) is 4.79 Å². The molecule has 7 heteroatoms. The third kappa shape index (κ3) is 2.76. The molecule has 1 fully saturated rings. The highest BCUT2D eigenvalue weighted by atomic mass is 16.4. The number of carbonyl (C=O) groups is 3. The summed E-state index contributed by atoms with van der Waals surface area (Å²) < 4.78 is 0. The molecular formula is C14H15N3O4. The Kier molecular flexibility index (Phi) is 3.75. The summed E-state index contributed by atoms with van der Waals surface area (Å²) >= 11 is 0. The van der Waals surface area contributed by atoms with E-state index >= 15 is 0 Å². The Balaban J connectivity index is 2.16. The second-order valence-corrected chi connectivity index (χ2v) is 4.90. The number of hydrogen-bond acceptors (Lipinski definition) is 4. The first-order chi connectivity index (χ1) is 9.87. The molecule has 1 heterocycles. The van der Waals surface area contributed by atoms with Crippen molar-refractivity contribution < 1.29 is 19.5 Å². The van der Waals surface area contributed by atoms with Gasteiger partial charge in [0, 0.05) is 0 Å². The molecule has 0 aliphatic carbocycles. The molecular weight excluding hydrogens is 274 g/mol. The summed E-state index contributed by atoms with van der Waals surface area (Å²) in [6.45, 7) is 3.44. The van der Waals surface area contributed by atoms with Crippen LogP contribution >= 0.6 is 0 Å². The minimum absolute atomic E-state index is 0.153. The molecule has 0 bridgehead atoms. The molecule has 1 atom stereocenters. The van der Waals surface area contributed by atoms with Gasteiger partial charge in [-0.25, -0.2) is 9.59 Å². The molecule has 110 valence electrons. The number of benzene rings is 1. The number of carboxylic acid groups (broad SMARTS) is 1. The third-order valence-electron chi connectivity index (χ3n) is 3.43. The van der Waals surface area contributed by atoms with Crippen LogP contribution in [0.5, 0.6) is 0 Å². The van der Waals surface area contributed by atoms with Crippen LogP contribution in [0, 0.1) is 0 Å². The van der Waals surface area contributed by atoms with E-state index in [1.54, 1.807) is 26.0 Å². The number of nitrogens with one attached hydrogen (secondary N) is 1. The largest absolute Gasteiger partial charge is 0.478 e. The first kappa shape index (κ1) is 14.7. The van der Waals surface area contributed by atoms with E-state index in [0.29, 0.717) is 12.0 Å². The number of hydrazone groups is 1. The predicted molar refractivity (Wildman–Crippen MR) is 75.1 cm³/mol. The second kappa shape index (κ2) is 5.35. The zero-order valence-electron chi connectivity index (χ0n) is 11.7. The summed E-state index contributed by atoms with van der Waals surface area (Å²) in [6, 6.07) is 5.37. The second-order valence-electron chi connectivity index (χ2n) is 4.90. The van der Waals surface area contributed by atoms with Crippen molar-refractivity contribution in [2.24, 2.45) is 5.10 Å². The highest BCUT2D eigenvalue weighted by molar-refractivity contribution is 6.07. The van der Waals surface area contributed by atoms with Gasteiger partial charge in [-0.15, -0.1) is 5.01 Å². The lowest BCUT2D eigenvalue weighted by atomic mass is 10.00. The molecule has 0 spiro atoms. The van der Waals surface area contributed by atoms with E-state index in [-0.39, 0.29) is 5.56 Å². The van der Waals surface area contributed by atoms with Crippen molar-refractivity contribution in [3.63, 3.8) is 0 Å². The molecule has 1 aromatic rings. The topological polar surface area (TPSA) is 99.1 Å². The van der Waals surface area contributed by atoms with Crippen LogP contribution < -0.4 is 5.32 Å². The number of hydrogen-bond donors (Lipinski definition) is 2. The lowest BCUT2D eigenvalue weighted by Crippen LogP contribution is -2.42. The van der Waals surface area contributed by atoms with Crippen LogP contribution in [-0.4, -0.2) is 39.8 Å². The van der Waals surface area contributed by atoms with Gasteiger partial charge in [-0.3, -0.25) is 4.79 Å². The van der Waals surface area contributed by atoms with E-state index in [2.05, 4.69) is 10.4 Å². The van der Waals surface area contributed by atoms with E-state index in [9.17, 15) is 14.4 Å². The van der Waals surface area contributed by atoms with Crippen molar-refractivity contribution in [1.82, 2.24) is 10.3 Å². The van der Waals surface area contributed by atoms with Gasteiger partial charge in [0.25, 0.3) is 5.91 Å². The highest BCUT2D eigenvalue weighted by Crippen LogP contribution is 2.20. The summed E-state index contributed by atoms with van der Waals surface area (Å²) in [5, 5.41) is 16.0. The van der Waals surface area contributed by atoms with Crippen LogP contribution in [0.25, 0.3) is 0 Å². The van der Waals surface area contributed by atoms with Gasteiger partial charge in [-0.2, -0.15) is 5.10 Å². The van der Waals surface area contributed by atoms with Crippen LogP contribution in [-0.2, 0) is 4.79 Å². The van der Waals surface area contributed by atoms with E-state index in [4.69, 9.17) is 5.11 Å². The fourth-order valence-corrected chi connectivity index (χ4v) is 1.85. The smallest absolute Gasteiger partial charge is 0.346 e. The average molecular weight is 289 g/mol. The fourth-order valence-electron chi connectivity index (χ4n) is 1.85. The zero-order valence-corrected chi connectivity index (χ0v) is 11.7. The van der Waals surface area contributed by atoms with Crippen molar-refractivity contribution in [3.05, 3.63) is 35.4 Å². The number of carbonyl (C=O) groups excluding carboxylic acids is 2. The summed E-state index contributed by atoms with van der Waals surface area (Å²) in [5.74, 6) is -1.43. The lowest BCUT2D eigenvalue weighted by molar-refractivity contribution is -0.130. The molecule has 21 heavy (non-hydrogen) atoms. The summed E-state index contributed by atoms with van der Waals surface area (Å²) in [4.78, 5) is 34.5. The van der Waals surface area contributed by atoms with Gasteiger partial charge in [0.1, 0.15) is 5.54 Å².